The van der Waals surface area contributed by atoms with Crippen LogP contribution in [0.25, 0.3) is 0 Å². The van der Waals surface area contributed by atoms with Crippen LogP contribution in [0.2, 0.25) is 0 Å². The molecule has 0 aromatic carbocycles. The summed E-state index contributed by atoms with van der Waals surface area (Å²) in [7, 11) is -3.56. The van der Waals surface area contributed by atoms with Crippen molar-refractivity contribution in [2.75, 3.05) is 11.3 Å². The summed E-state index contributed by atoms with van der Waals surface area (Å²) in [4.78, 5) is 6.03. The summed E-state index contributed by atoms with van der Waals surface area (Å²) >= 11 is 1.49. The molecule has 0 bridgehead atoms. The summed E-state index contributed by atoms with van der Waals surface area (Å²) in [6, 6.07) is 5.09. The van der Waals surface area contributed by atoms with Gasteiger partial charge in [-0.25, -0.2) is 8.42 Å². The molecule has 0 aliphatic carbocycles. The van der Waals surface area contributed by atoms with Gasteiger partial charge in [-0.1, -0.05) is 6.92 Å². The van der Waals surface area contributed by atoms with Crippen molar-refractivity contribution in [1.29, 1.82) is 0 Å². The third-order valence-electron chi connectivity index (χ3n) is 2.68. The van der Waals surface area contributed by atoms with E-state index in [0.717, 1.165) is 16.3 Å². The molecular weight excluding hydrogens is 294 g/mol. The van der Waals surface area contributed by atoms with Gasteiger partial charge in [0, 0.05) is 22.5 Å². The number of thiophene rings is 1. The van der Waals surface area contributed by atoms with E-state index in [1.165, 1.54) is 17.5 Å². The first-order valence-corrected chi connectivity index (χ1v) is 8.56. The highest BCUT2D eigenvalue weighted by Crippen LogP contribution is 2.27. The molecule has 2 rings (SSSR count). The number of nitrogens with zero attached hydrogens (tertiary/aromatic N) is 1. The predicted octanol–water partition coefficient (Wildman–Crippen LogP) is 2.36. The molecule has 108 valence electrons. The van der Waals surface area contributed by atoms with Gasteiger partial charge in [-0.05, 0) is 31.7 Å². The topological polar surface area (TPSA) is 71.1 Å². The quantitative estimate of drug-likeness (QED) is 0.859. The van der Waals surface area contributed by atoms with Crippen LogP contribution < -0.4 is 10.0 Å². The zero-order valence-corrected chi connectivity index (χ0v) is 13.0. The molecule has 2 aromatic rings. The van der Waals surface area contributed by atoms with Gasteiger partial charge in [0.05, 0.1) is 11.9 Å². The number of anilines is 1. The SMILES string of the molecule is CCNCc1cc(S(=O)(=O)Nc2cccnc2)c(C)s1. The highest BCUT2D eigenvalue weighted by atomic mass is 32.2. The first-order chi connectivity index (χ1) is 9.53. The summed E-state index contributed by atoms with van der Waals surface area (Å²) in [6.07, 6.45) is 3.08. The van der Waals surface area contributed by atoms with E-state index in [2.05, 4.69) is 15.0 Å². The molecule has 5 nitrogen and oxygen atoms in total. The summed E-state index contributed by atoms with van der Waals surface area (Å²) in [5.41, 5.74) is 0.464. The maximum atomic E-state index is 12.4. The van der Waals surface area contributed by atoms with Gasteiger partial charge in [0.1, 0.15) is 4.90 Å². The van der Waals surface area contributed by atoms with E-state index in [0.29, 0.717) is 17.1 Å². The molecule has 2 N–H and O–H groups in total. The van der Waals surface area contributed by atoms with Crippen molar-refractivity contribution in [3.63, 3.8) is 0 Å². The van der Waals surface area contributed by atoms with E-state index in [1.807, 2.05) is 13.8 Å². The average Bonchev–Trinajstić information content (AvgIpc) is 2.79. The lowest BCUT2D eigenvalue weighted by atomic mass is 10.4. The summed E-state index contributed by atoms with van der Waals surface area (Å²) in [6.45, 7) is 5.37. The first-order valence-electron chi connectivity index (χ1n) is 6.26. The molecule has 0 saturated heterocycles. The molecule has 0 unspecified atom stereocenters. The fraction of sp³-hybridized carbons (Fsp3) is 0.308. The van der Waals surface area contributed by atoms with Gasteiger partial charge >= 0.3 is 0 Å². The number of aromatic nitrogens is 1. The number of nitrogens with one attached hydrogen (secondary N) is 2. The Labute approximate surface area is 123 Å². The molecule has 0 spiro atoms. The van der Waals surface area contributed by atoms with Gasteiger partial charge in [-0.3, -0.25) is 9.71 Å². The largest absolute Gasteiger partial charge is 0.312 e. The predicted molar refractivity (Wildman–Crippen MR) is 81.5 cm³/mol. The average molecular weight is 311 g/mol. The number of aryl methyl sites for hydroxylation is 1. The van der Waals surface area contributed by atoms with Gasteiger partial charge < -0.3 is 5.32 Å². The van der Waals surface area contributed by atoms with E-state index in [4.69, 9.17) is 0 Å². The summed E-state index contributed by atoms with van der Waals surface area (Å²) < 4.78 is 27.3. The molecule has 0 fully saturated rings. The van der Waals surface area contributed by atoms with E-state index in [1.54, 1.807) is 24.4 Å². The molecule has 0 amide bonds. The number of hydrogen-bond donors (Lipinski definition) is 2. The second-order valence-electron chi connectivity index (χ2n) is 4.26. The minimum Gasteiger partial charge on any atom is -0.312 e. The van der Waals surface area contributed by atoms with Crippen molar-refractivity contribution in [3.05, 3.63) is 40.3 Å². The Kier molecular flexibility index (Phi) is 4.74. The monoisotopic (exact) mass is 311 g/mol. The lowest BCUT2D eigenvalue weighted by Gasteiger charge is -2.06. The van der Waals surface area contributed by atoms with Gasteiger partial charge in [-0.15, -0.1) is 11.3 Å². The van der Waals surface area contributed by atoms with Crippen LogP contribution in [0.5, 0.6) is 0 Å². The summed E-state index contributed by atoms with van der Waals surface area (Å²) in [5.74, 6) is 0. The molecule has 2 heterocycles. The Bertz CT molecular complexity index is 666. The van der Waals surface area contributed by atoms with Crippen LogP contribution in [0.1, 0.15) is 16.7 Å². The Morgan fingerprint density at radius 1 is 1.40 bits per heavy atom. The molecule has 0 saturated carbocycles. The standard InChI is InChI=1S/C13H17N3O2S2/c1-3-14-9-12-7-13(10(2)19-12)20(17,18)16-11-5-4-6-15-8-11/h4-8,14,16H,3,9H2,1-2H3. The number of rotatable bonds is 6. The number of sulfonamides is 1. The third kappa shape index (κ3) is 3.56. The van der Waals surface area contributed by atoms with Gasteiger partial charge in [0.25, 0.3) is 10.0 Å². The maximum absolute atomic E-state index is 12.4. The smallest absolute Gasteiger partial charge is 0.263 e. The van der Waals surface area contributed by atoms with E-state index in [9.17, 15) is 8.42 Å². The summed E-state index contributed by atoms with van der Waals surface area (Å²) in [5, 5.41) is 3.19. The van der Waals surface area contributed by atoms with Crippen molar-refractivity contribution in [2.45, 2.75) is 25.3 Å². The first kappa shape index (κ1) is 15.0. The van der Waals surface area contributed by atoms with Crippen molar-refractivity contribution < 1.29 is 8.42 Å². The Hall–Kier alpha value is -1.44. The van der Waals surface area contributed by atoms with Crippen LogP contribution in [0, 0.1) is 6.92 Å². The number of hydrogen-bond acceptors (Lipinski definition) is 5. The molecule has 0 aliphatic heterocycles. The minimum atomic E-state index is -3.56. The Morgan fingerprint density at radius 3 is 2.85 bits per heavy atom. The minimum absolute atomic E-state index is 0.333. The maximum Gasteiger partial charge on any atom is 0.263 e. The van der Waals surface area contributed by atoms with Crippen LogP contribution in [-0.2, 0) is 16.6 Å². The van der Waals surface area contributed by atoms with Crippen LogP contribution in [0.4, 0.5) is 5.69 Å². The molecule has 0 atom stereocenters. The second kappa shape index (κ2) is 6.34. The van der Waals surface area contributed by atoms with E-state index < -0.39 is 10.0 Å². The zero-order chi connectivity index (χ0) is 14.6. The molecule has 0 radical (unpaired) electrons. The van der Waals surface area contributed by atoms with Gasteiger partial charge in [0.15, 0.2) is 0 Å². The fourth-order valence-corrected chi connectivity index (χ4v) is 4.41. The lowest BCUT2D eigenvalue weighted by Crippen LogP contribution is -2.13. The van der Waals surface area contributed by atoms with Crippen LogP contribution in [0.15, 0.2) is 35.5 Å². The second-order valence-corrected chi connectivity index (χ2v) is 7.25. The van der Waals surface area contributed by atoms with Crippen molar-refractivity contribution in [1.82, 2.24) is 10.3 Å². The molecular formula is C13H17N3O2S2. The van der Waals surface area contributed by atoms with Crippen molar-refractivity contribution >= 4 is 27.0 Å². The lowest BCUT2D eigenvalue weighted by molar-refractivity contribution is 0.601. The highest BCUT2D eigenvalue weighted by Gasteiger charge is 2.20. The molecule has 7 heteroatoms. The molecule has 20 heavy (non-hydrogen) atoms. The normalized spacial score (nSPS) is 11.5. The Balaban J connectivity index is 2.23. The van der Waals surface area contributed by atoms with Crippen molar-refractivity contribution in [2.24, 2.45) is 0 Å². The van der Waals surface area contributed by atoms with E-state index >= 15 is 0 Å². The third-order valence-corrected chi connectivity index (χ3v) is 5.36. The number of pyridine rings is 1. The Morgan fingerprint density at radius 2 is 2.20 bits per heavy atom. The fourth-order valence-electron chi connectivity index (χ4n) is 1.76. The van der Waals surface area contributed by atoms with Crippen LogP contribution in [0.3, 0.4) is 0 Å². The van der Waals surface area contributed by atoms with Gasteiger partial charge in [-0.2, -0.15) is 0 Å². The highest BCUT2D eigenvalue weighted by molar-refractivity contribution is 7.93. The van der Waals surface area contributed by atoms with Crippen LogP contribution in [-0.4, -0.2) is 19.9 Å². The molecule has 2 aromatic heterocycles. The zero-order valence-electron chi connectivity index (χ0n) is 11.4. The van der Waals surface area contributed by atoms with E-state index in [-0.39, 0.29) is 0 Å². The van der Waals surface area contributed by atoms with Gasteiger partial charge in [0.2, 0.25) is 0 Å². The molecule has 0 aliphatic rings. The van der Waals surface area contributed by atoms with Crippen molar-refractivity contribution in [3.8, 4) is 0 Å². The van der Waals surface area contributed by atoms with Crippen LogP contribution >= 0.6 is 11.3 Å².